The highest BCUT2D eigenvalue weighted by molar-refractivity contribution is 7.90. The monoisotopic (exact) mass is 241 g/mol. The molecule has 2 N–H and O–H groups in total. The lowest BCUT2D eigenvalue weighted by Crippen LogP contribution is -2.10. The van der Waals surface area contributed by atoms with Gasteiger partial charge in [-0.3, -0.25) is 0 Å². The molecule has 0 amide bonds. The van der Waals surface area contributed by atoms with Crippen molar-refractivity contribution in [3.8, 4) is 0 Å². The minimum absolute atomic E-state index is 0.114. The Bertz CT molecular complexity index is 487. The van der Waals surface area contributed by atoms with Crippen LogP contribution in [0, 0.1) is 6.92 Å². The Hall–Kier alpha value is -1.56. The number of hydrogen-bond acceptors (Lipinski definition) is 3. The Morgan fingerprint density at radius 3 is 2.44 bits per heavy atom. The number of nitrogen functional groups attached to an aromatic ring is 1. The SMILES string of the molecule is Cc1cc(N)cc(S(=O)(=O)N=CN(C)C)c1. The molecule has 0 fully saturated rings. The molecule has 1 aromatic rings. The Morgan fingerprint density at radius 1 is 1.31 bits per heavy atom. The molecule has 0 unspecified atom stereocenters. The van der Waals surface area contributed by atoms with E-state index in [9.17, 15) is 8.42 Å². The van der Waals surface area contributed by atoms with Gasteiger partial charge in [0, 0.05) is 19.8 Å². The van der Waals surface area contributed by atoms with Gasteiger partial charge in [-0.1, -0.05) is 0 Å². The van der Waals surface area contributed by atoms with Crippen molar-refractivity contribution >= 4 is 22.0 Å². The van der Waals surface area contributed by atoms with Crippen LogP contribution < -0.4 is 5.73 Å². The van der Waals surface area contributed by atoms with Crippen LogP contribution >= 0.6 is 0 Å². The first-order valence-corrected chi connectivity index (χ1v) is 6.09. The lowest BCUT2D eigenvalue weighted by Gasteiger charge is -2.05. The van der Waals surface area contributed by atoms with Gasteiger partial charge in [0.05, 0.1) is 4.90 Å². The highest BCUT2D eigenvalue weighted by Crippen LogP contribution is 2.17. The van der Waals surface area contributed by atoms with E-state index in [1.807, 2.05) is 0 Å². The molecule has 0 saturated heterocycles. The maximum Gasteiger partial charge on any atom is 0.283 e. The maximum atomic E-state index is 11.8. The largest absolute Gasteiger partial charge is 0.399 e. The minimum atomic E-state index is -3.65. The van der Waals surface area contributed by atoms with Crippen LogP contribution in [0.1, 0.15) is 5.56 Å². The average molecular weight is 241 g/mol. The number of nitrogens with zero attached hydrogens (tertiary/aromatic N) is 2. The smallest absolute Gasteiger partial charge is 0.283 e. The molecule has 0 aliphatic carbocycles. The van der Waals surface area contributed by atoms with Crippen LogP contribution in [0.4, 0.5) is 5.69 Å². The number of sulfonamides is 1. The predicted molar refractivity (Wildman–Crippen MR) is 65.0 cm³/mol. The number of nitrogens with two attached hydrogens (primary N) is 1. The van der Waals surface area contributed by atoms with E-state index in [4.69, 9.17) is 5.73 Å². The quantitative estimate of drug-likeness (QED) is 0.483. The summed E-state index contributed by atoms with van der Waals surface area (Å²) in [5.41, 5.74) is 6.79. The van der Waals surface area contributed by atoms with E-state index < -0.39 is 10.0 Å². The Kier molecular flexibility index (Phi) is 3.54. The molecule has 1 aromatic carbocycles. The zero-order chi connectivity index (χ0) is 12.3. The van der Waals surface area contributed by atoms with Gasteiger partial charge in [-0.05, 0) is 30.7 Å². The van der Waals surface area contributed by atoms with Crippen molar-refractivity contribution in [1.82, 2.24) is 4.90 Å². The van der Waals surface area contributed by atoms with Gasteiger partial charge in [0.1, 0.15) is 6.34 Å². The fraction of sp³-hybridized carbons (Fsp3) is 0.300. The fourth-order valence-electron chi connectivity index (χ4n) is 1.14. The summed E-state index contributed by atoms with van der Waals surface area (Å²) < 4.78 is 27.0. The van der Waals surface area contributed by atoms with E-state index in [0.717, 1.165) is 5.56 Å². The normalized spacial score (nSPS) is 11.9. The molecular weight excluding hydrogens is 226 g/mol. The van der Waals surface area contributed by atoms with Crippen molar-refractivity contribution in [1.29, 1.82) is 0 Å². The summed E-state index contributed by atoms with van der Waals surface area (Å²) >= 11 is 0. The van der Waals surface area contributed by atoms with Crippen molar-refractivity contribution in [3.05, 3.63) is 23.8 Å². The molecule has 0 aromatic heterocycles. The molecule has 1 rings (SSSR count). The van der Waals surface area contributed by atoms with Crippen molar-refractivity contribution in [2.24, 2.45) is 4.40 Å². The van der Waals surface area contributed by atoms with E-state index in [1.165, 1.54) is 12.4 Å². The lowest BCUT2D eigenvalue weighted by atomic mass is 10.2. The van der Waals surface area contributed by atoms with Gasteiger partial charge in [-0.15, -0.1) is 4.40 Å². The van der Waals surface area contributed by atoms with Gasteiger partial charge in [-0.25, -0.2) is 0 Å². The summed E-state index contributed by atoms with van der Waals surface area (Å²) in [7, 11) is -0.256. The second-order valence-corrected chi connectivity index (χ2v) is 5.37. The van der Waals surface area contributed by atoms with Gasteiger partial charge in [0.2, 0.25) is 0 Å². The Balaban J connectivity index is 3.17. The van der Waals surface area contributed by atoms with Crippen LogP contribution in [0.2, 0.25) is 0 Å². The van der Waals surface area contributed by atoms with Crippen molar-refractivity contribution in [3.63, 3.8) is 0 Å². The summed E-state index contributed by atoms with van der Waals surface area (Å²) in [4.78, 5) is 1.67. The standard InChI is InChI=1S/C10H15N3O2S/c1-8-4-9(11)6-10(5-8)16(14,15)12-7-13(2)3/h4-7H,11H2,1-3H3. The van der Waals surface area contributed by atoms with Crippen LogP contribution in [0.3, 0.4) is 0 Å². The summed E-state index contributed by atoms with van der Waals surface area (Å²) in [6.07, 6.45) is 1.24. The van der Waals surface area contributed by atoms with Gasteiger partial charge in [0.25, 0.3) is 10.0 Å². The third-order valence-corrected chi connectivity index (χ3v) is 2.99. The summed E-state index contributed by atoms with van der Waals surface area (Å²) in [6.45, 7) is 1.78. The van der Waals surface area contributed by atoms with Gasteiger partial charge < -0.3 is 10.6 Å². The van der Waals surface area contributed by atoms with Crippen molar-refractivity contribution < 1.29 is 8.42 Å². The molecule has 6 heteroatoms. The first-order valence-electron chi connectivity index (χ1n) is 4.65. The Labute approximate surface area is 95.6 Å². The van der Waals surface area contributed by atoms with Gasteiger partial charge >= 0.3 is 0 Å². The average Bonchev–Trinajstić information content (AvgIpc) is 2.13. The molecule has 0 heterocycles. The van der Waals surface area contributed by atoms with E-state index in [-0.39, 0.29) is 4.90 Å². The second-order valence-electron chi connectivity index (χ2n) is 3.74. The van der Waals surface area contributed by atoms with Crippen molar-refractivity contribution in [2.45, 2.75) is 11.8 Å². The number of rotatable bonds is 3. The molecule has 0 saturated carbocycles. The first-order chi connectivity index (χ1) is 7.31. The molecular formula is C10H15N3O2S. The molecule has 16 heavy (non-hydrogen) atoms. The summed E-state index contributed by atoms with van der Waals surface area (Å²) in [6, 6.07) is 4.64. The number of aryl methyl sites for hydroxylation is 1. The van der Waals surface area contributed by atoms with E-state index in [0.29, 0.717) is 5.69 Å². The highest BCUT2D eigenvalue weighted by Gasteiger charge is 2.12. The fourth-order valence-corrected chi connectivity index (χ4v) is 2.20. The van der Waals surface area contributed by atoms with Crippen LogP contribution in [-0.4, -0.2) is 33.8 Å². The molecule has 0 radical (unpaired) electrons. The lowest BCUT2D eigenvalue weighted by molar-refractivity contribution is 0.594. The second kappa shape index (κ2) is 4.52. The van der Waals surface area contributed by atoms with Crippen LogP contribution in [-0.2, 0) is 10.0 Å². The topological polar surface area (TPSA) is 75.8 Å². The summed E-state index contributed by atoms with van der Waals surface area (Å²) in [5.74, 6) is 0. The molecule has 5 nitrogen and oxygen atoms in total. The van der Waals surface area contributed by atoms with Gasteiger partial charge in [-0.2, -0.15) is 8.42 Å². The molecule has 0 aliphatic rings. The van der Waals surface area contributed by atoms with Crippen LogP contribution in [0.25, 0.3) is 0 Å². The number of anilines is 1. The van der Waals surface area contributed by atoms with Crippen LogP contribution in [0.15, 0.2) is 27.5 Å². The molecule has 0 bridgehead atoms. The van der Waals surface area contributed by atoms with E-state index in [1.54, 1.807) is 38.1 Å². The zero-order valence-corrected chi connectivity index (χ0v) is 10.3. The summed E-state index contributed by atoms with van der Waals surface area (Å²) in [5, 5.41) is 0. The minimum Gasteiger partial charge on any atom is -0.399 e. The molecule has 0 atom stereocenters. The van der Waals surface area contributed by atoms with E-state index >= 15 is 0 Å². The van der Waals surface area contributed by atoms with Crippen molar-refractivity contribution in [2.75, 3.05) is 19.8 Å². The van der Waals surface area contributed by atoms with E-state index in [2.05, 4.69) is 4.40 Å². The predicted octanol–water partition coefficient (Wildman–Crippen LogP) is 0.856. The zero-order valence-electron chi connectivity index (χ0n) is 9.51. The maximum absolute atomic E-state index is 11.8. The van der Waals surface area contributed by atoms with Gasteiger partial charge in [0.15, 0.2) is 0 Å². The molecule has 88 valence electrons. The number of hydrogen-bond donors (Lipinski definition) is 1. The Morgan fingerprint density at radius 2 is 1.94 bits per heavy atom. The van der Waals surface area contributed by atoms with Crippen LogP contribution in [0.5, 0.6) is 0 Å². The molecule has 0 spiro atoms. The third-order valence-electron chi connectivity index (χ3n) is 1.79. The number of benzene rings is 1. The molecule has 0 aliphatic heterocycles. The first kappa shape index (κ1) is 12.5. The highest BCUT2D eigenvalue weighted by atomic mass is 32.2. The third kappa shape index (κ3) is 3.23.